The van der Waals surface area contributed by atoms with Gasteiger partial charge in [0.1, 0.15) is 0 Å². The third kappa shape index (κ3) is 7.23. The zero-order valence-corrected chi connectivity index (χ0v) is 20.1. The third-order valence-electron chi connectivity index (χ3n) is 5.48. The molecule has 0 bridgehead atoms. The average molecular weight is 472 g/mol. The van der Waals surface area contributed by atoms with Crippen LogP contribution in [0.15, 0.2) is 72.1 Å². The Morgan fingerprint density at radius 2 is 1.76 bits per heavy atom. The van der Waals surface area contributed by atoms with Crippen LogP contribution in [0, 0.1) is 0 Å². The van der Waals surface area contributed by atoms with Crippen molar-refractivity contribution >= 4 is 21.6 Å². The van der Waals surface area contributed by atoms with E-state index in [1.54, 1.807) is 18.2 Å². The van der Waals surface area contributed by atoms with Crippen molar-refractivity contribution < 1.29 is 17.9 Å². The number of hydrogen-bond acceptors (Lipinski definition) is 5. The van der Waals surface area contributed by atoms with Crippen molar-refractivity contribution in [2.45, 2.75) is 37.4 Å². The fraction of sp³-hybridized carbons (Fsp3) is 0.400. The van der Waals surface area contributed by atoms with E-state index in [4.69, 9.17) is 4.74 Å². The van der Waals surface area contributed by atoms with Gasteiger partial charge in [-0.1, -0.05) is 36.4 Å². The van der Waals surface area contributed by atoms with Crippen LogP contribution < -0.4 is 5.32 Å². The molecule has 33 heavy (non-hydrogen) atoms. The molecule has 2 atom stereocenters. The van der Waals surface area contributed by atoms with Gasteiger partial charge in [0.05, 0.1) is 23.6 Å². The average Bonchev–Trinajstić information content (AvgIpc) is 2.78. The van der Waals surface area contributed by atoms with Gasteiger partial charge in [0.25, 0.3) is 0 Å². The van der Waals surface area contributed by atoms with Crippen molar-refractivity contribution in [1.29, 1.82) is 0 Å². The van der Waals surface area contributed by atoms with Crippen molar-refractivity contribution in [3.8, 4) is 0 Å². The van der Waals surface area contributed by atoms with Crippen molar-refractivity contribution in [3.63, 3.8) is 0 Å². The van der Waals surface area contributed by atoms with E-state index in [1.165, 1.54) is 22.0 Å². The van der Waals surface area contributed by atoms with Crippen LogP contribution in [0.3, 0.4) is 0 Å². The molecule has 1 N–H and O–H groups in total. The first-order valence-corrected chi connectivity index (χ1v) is 12.6. The number of nitrogens with one attached hydrogen (secondary N) is 1. The molecule has 1 heterocycles. The van der Waals surface area contributed by atoms with Crippen LogP contribution in [0.25, 0.3) is 0 Å². The quantitative estimate of drug-likeness (QED) is 0.539. The van der Waals surface area contributed by atoms with E-state index in [2.05, 4.69) is 24.0 Å². The highest BCUT2D eigenvalue weighted by Crippen LogP contribution is 2.22. The van der Waals surface area contributed by atoms with Gasteiger partial charge in [-0.15, -0.1) is 6.58 Å². The van der Waals surface area contributed by atoms with E-state index in [-0.39, 0.29) is 29.6 Å². The molecule has 0 aromatic heterocycles. The highest BCUT2D eigenvalue weighted by atomic mass is 32.2. The molecule has 1 aliphatic rings. The molecule has 0 saturated carbocycles. The van der Waals surface area contributed by atoms with Gasteiger partial charge in [-0.25, -0.2) is 8.42 Å². The first-order valence-electron chi connectivity index (χ1n) is 11.2. The second-order valence-electron chi connectivity index (χ2n) is 8.41. The zero-order valence-electron chi connectivity index (χ0n) is 19.3. The van der Waals surface area contributed by atoms with Crippen LogP contribution >= 0.6 is 0 Å². The largest absolute Gasteiger partial charge is 0.373 e. The van der Waals surface area contributed by atoms with Gasteiger partial charge in [-0.3, -0.25) is 9.69 Å². The van der Waals surface area contributed by atoms with Gasteiger partial charge in [-0.2, -0.15) is 4.31 Å². The zero-order chi connectivity index (χ0) is 23.8. The molecule has 1 fully saturated rings. The molecule has 178 valence electrons. The van der Waals surface area contributed by atoms with Crippen LogP contribution in [0.1, 0.15) is 19.4 Å². The molecule has 3 rings (SSSR count). The van der Waals surface area contributed by atoms with Gasteiger partial charge < -0.3 is 10.1 Å². The highest BCUT2D eigenvalue weighted by Gasteiger charge is 2.32. The normalized spacial score (nSPS) is 19.4. The Labute approximate surface area is 197 Å². The Hall–Kier alpha value is -2.52. The first-order chi connectivity index (χ1) is 15.8. The van der Waals surface area contributed by atoms with E-state index in [0.29, 0.717) is 25.3 Å². The number of anilines is 1. The molecule has 1 saturated heterocycles. The number of carbonyl (C=O) groups excluding carboxylic acids is 1. The monoisotopic (exact) mass is 471 g/mol. The molecule has 7 nitrogen and oxygen atoms in total. The second kappa shape index (κ2) is 11.6. The predicted molar refractivity (Wildman–Crippen MR) is 131 cm³/mol. The molecule has 2 aromatic rings. The topological polar surface area (TPSA) is 79.0 Å². The molecular formula is C25H33N3O4S. The maximum absolute atomic E-state index is 13.0. The summed E-state index contributed by atoms with van der Waals surface area (Å²) in [4.78, 5) is 14.8. The Bertz CT molecular complexity index is 1020. The van der Waals surface area contributed by atoms with Crippen LogP contribution in [-0.2, 0) is 26.0 Å². The van der Waals surface area contributed by atoms with Gasteiger partial charge in [0, 0.05) is 31.9 Å². The Morgan fingerprint density at radius 1 is 1.12 bits per heavy atom. The number of morpholine rings is 1. The summed E-state index contributed by atoms with van der Waals surface area (Å²) in [5.74, 6) is -0.156. The van der Waals surface area contributed by atoms with Gasteiger partial charge in [0.15, 0.2) is 0 Å². The Kier molecular flexibility index (Phi) is 8.80. The number of hydrogen-bond donors (Lipinski definition) is 1. The summed E-state index contributed by atoms with van der Waals surface area (Å²) in [6.07, 6.45) is 2.32. The Morgan fingerprint density at radius 3 is 2.36 bits per heavy atom. The van der Waals surface area contributed by atoms with Crippen molar-refractivity contribution in [2.75, 3.05) is 38.0 Å². The van der Waals surface area contributed by atoms with Crippen LogP contribution in [0.5, 0.6) is 0 Å². The molecule has 8 heteroatoms. The van der Waals surface area contributed by atoms with Gasteiger partial charge in [0.2, 0.25) is 15.9 Å². The summed E-state index contributed by atoms with van der Waals surface area (Å²) in [6.45, 7) is 9.74. The lowest BCUT2D eigenvalue weighted by Crippen LogP contribution is -2.48. The summed E-state index contributed by atoms with van der Waals surface area (Å²) in [5.41, 5.74) is 1.78. The van der Waals surface area contributed by atoms with E-state index in [9.17, 15) is 13.2 Å². The molecule has 0 spiro atoms. The molecule has 2 aromatic carbocycles. The number of carbonyl (C=O) groups is 1. The third-order valence-corrected chi connectivity index (χ3v) is 7.32. The van der Waals surface area contributed by atoms with Crippen molar-refractivity contribution in [3.05, 3.63) is 72.8 Å². The minimum Gasteiger partial charge on any atom is -0.373 e. The summed E-state index contributed by atoms with van der Waals surface area (Å²) in [5, 5.41) is 2.86. The van der Waals surface area contributed by atoms with Gasteiger partial charge >= 0.3 is 0 Å². The standard InChI is InChI=1S/C25H33N3O4S/c1-4-15-27(16-14-22-8-6-5-7-9-22)19-25(29)26-23-10-12-24(13-11-23)33(30,31)28-17-20(2)32-21(3)18-28/h4-13,20-21H,1,14-19H2,2-3H3,(H,26,29). The smallest absolute Gasteiger partial charge is 0.243 e. The van der Waals surface area contributed by atoms with E-state index in [1.807, 2.05) is 36.9 Å². The predicted octanol–water partition coefficient (Wildman–Crippen LogP) is 3.15. The lowest BCUT2D eigenvalue weighted by atomic mass is 10.1. The fourth-order valence-corrected chi connectivity index (χ4v) is 5.53. The van der Waals surface area contributed by atoms with Crippen molar-refractivity contribution in [1.82, 2.24) is 9.21 Å². The fourth-order valence-electron chi connectivity index (χ4n) is 3.94. The Balaban J connectivity index is 1.57. The molecular weight excluding hydrogens is 438 g/mol. The number of ether oxygens (including phenoxy) is 1. The minimum absolute atomic E-state index is 0.150. The highest BCUT2D eigenvalue weighted by molar-refractivity contribution is 7.89. The van der Waals surface area contributed by atoms with Crippen LogP contribution in [0.4, 0.5) is 5.69 Å². The number of benzene rings is 2. The van der Waals surface area contributed by atoms with E-state index < -0.39 is 10.0 Å². The first kappa shape index (κ1) is 25.1. The number of rotatable bonds is 10. The molecule has 0 aliphatic carbocycles. The molecule has 0 radical (unpaired) electrons. The number of sulfonamides is 1. The lowest BCUT2D eigenvalue weighted by molar-refractivity contribution is -0.117. The summed E-state index contributed by atoms with van der Waals surface area (Å²) < 4.78 is 33.1. The number of amides is 1. The minimum atomic E-state index is -3.61. The van der Waals surface area contributed by atoms with E-state index >= 15 is 0 Å². The molecule has 1 amide bonds. The van der Waals surface area contributed by atoms with Crippen LogP contribution in [0.2, 0.25) is 0 Å². The molecule has 1 aliphatic heterocycles. The van der Waals surface area contributed by atoms with E-state index in [0.717, 1.165) is 13.0 Å². The number of nitrogens with zero attached hydrogens (tertiary/aromatic N) is 2. The summed E-state index contributed by atoms with van der Waals surface area (Å²) in [7, 11) is -3.61. The second-order valence-corrected chi connectivity index (χ2v) is 10.3. The maximum atomic E-state index is 13.0. The lowest BCUT2D eigenvalue weighted by Gasteiger charge is -2.34. The van der Waals surface area contributed by atoms with Crippen molar-refractivity contribution in [2.24, 2.45) is 0 Å². The summed E-state index contributed by atoms with van der Waals surface area (Å²) in [6, 6.07) is 16.4. The van der Waals surface area contributed by atoms with Gasteiger partial charge in [-0.05, 0) is 50.1 Å². The SMILES string of the molecule is C=CCN(CCc1ccccc1)CC(=O)Nc1ccc(S(=O)(=O)N2CC(C)OC(C)C2)cc1. The molecule has 2 unspecified atom stereocenters. The summed E-state index contributed by atoms with van der Waals surface area (Å²) >= 11 is 0. The maximum Gasteiger partial charge on any atom is 0.243 e. The van der Waals surface area contributed by atoms with Crippen LogP contribution in [-0.4, -0.2) is 68.5 Å².